The molecule has 5 rings (SSSR count). The Bertz CT molecular complexity index is 1300. The molecule has 8 nitrogen and oxygen atoms in total. The van der Waals surface area contributed by atoms with Gasteiger partial charge in [0.25, 0.3) is 5.91 Å². The number of nitrogens with zero attached hydrogens (tertiary/aromatic N) is 6. The summed E-state index contributed by atoms with van der Waals surface area (Å²) in [5.74, 6) is -0.257. The van der Waals surface area contributed by atoms with Gasteiger partial charge in [0, 0.05) is 24.7 Å². The lowest BCUT2D eigenvalue weighted by Gasteiger charge is -2.07. The summed E-state index contributed by atoms with van der Waals surface area (Å²) in [6, 6.07) is 18.2. The zero-order valence-corrected chi connectivity index (χ0v) is 18.8. The first-order chi connectivity index (χ1) is 16.8. The summed E-state index contributed by atoms with van der Waals surface area (Å²) in [6.07, 6.45) is 9.13. The Labute approximate surface area is 197 Å². The molecule has 0 fully saturated rings. The van der Waals surface area contributed by atoms with Gasteiger partial charge < -0.3 is 5.32 Å². The van der Waals surface area contributed by atoms with Crippen LogP contribution < -0.4 is 5.32 Å². The van der Waals surface area contributed by atoms with Gasteiger partial charge in [0.2, 0.25) is 0 Å². The largest absolute Gasteiger partial charge is 0.345 e. The van der Waals surface area contributed by atoms with Gasteiger partial charge in [0.1, 0.15) is 0 Å². The highest BCUT2D eigenvalue weighted by Crippen LogP contribution is 2.31. The van der Waals surface area contributed by atoms with Crippen LogP contribution in [0.2, 0.25) is 0 Å². The van der Waals surface area contributed by atoms with E-state index in [2.05, 4.69) is 67.2 Å². The highest BCUT2D eigenvalue weighted by Gasteiger charge is 2.18. The normalized spacial score (nSPS) is 12.3. The number of unbranched alkanes of at least 4 members (excludes halogenated alkanes) is 1. The molecule has 1 aliphatic rings. The Hall–Kier alpha value is -4.20. The van der Waals surface area contributed by atoms with Crippen LogP contribution in [0.4, 0.5) is 0 Å². The van der Waals surface area contributed by atoms with E-state index in [1.54, 1.807) is 17.1 Å². The maximum Gasteiger partial charge on any atom is 0.273 e. The van der Waals surface area contributed by atoms with Crippen molar-refractivity contribution < 1.29 is 4.79 Å². The number of allylic oxidation sites excluding steroid dienone is 1. The fourth-order valence-corrected chi connectivity index (χ4v) is 4.02. The van der Waals surface area contributed by atoms with E-state index in [9.17, 15) is 4.79 Å². The summed E-state index contributed by atoms with van der Waals surface area (Å²) in [7, 11) is 0. The molecule has 3 heterocycles. The number of aromatic nitrogens is 6. The molecule has 0 aliphatic heterocycles. The zero-order valence-electron chi connectivity index (χ0n) is 18.8. The SMILES string of the molecule is O=C(NCc1ccccn1)c1cn(CCCCc2cc3c(nn2)CC=C3c2ccccc2)nn1. The van der Waals surface area contributed by atoms with Crippen LogP contribution in [0, 0.1) is 0 Å². The van der Waals surface area contributed by atoms with Crippen LogP contribution in [-0.4, -0.2) is 36.1 Å². The molecule has 8 heteroatoms. The van der Waals surface area contributed by atoms with Crippen molar-refractivity contribution in [1.29, 1.82) is 0 Å². The summed E-state index contributed by atoms with van der Waals surface area (Å²) in [5.41, 5.74) is 6.78. The van der Waals surface area contributed by atoms with Crippen molar-refractivity contribution in [2.45, 2.75) is 38.8 Å². The van der Waals surface area contributed by atoms with Gasteiger partial charge in [-0.15, -0.1) is 5.10 Å². The molecule has 0 spiro atoms. The third kappa shape index (κ3) is 5.06. The average molecular weight is 452 g/mol. The van der Waals surface area contributed by atoms with Crippen LogP contribution in [0.15, 0.2) is 73.1 Å². The molecule has 0 atom stereocenters. The fourth-order valence-electron chi connectivity index (χ4n) is 4.02. The molecule has 0 saturated heterocycles. The summed E-state index contributed by atoms with van der Waals surface area (Å²) in [6.45, 7) is 1.05. The van der Waals surface area contributed by atoms with Crippen molar-refractivity contribution in [3.05, 3.63) is 107 Å². The predicted molar refractivity (Wildman–Crippen MR) is 128 cm³/mol. The molecule has 170 valence electrons. The summed E-state index contributed by atoms with van der Waals surface area (Å²) >= 11 is 0. The minimum atomic E-state index is -0.257. The number of pyridine rings is 1. The molecule has 0 unspecified atom stereocenters. The molecule has 34 heavy (non-hydrogen) atoms. The van der Waals surface area contributed by atoms with Crippen molar-refractivity contribution in [2.24, 2.45) is 0 Å². The summed E-state index contributed by atoms with van der Waals surface area (Å²) in [4.78, 5) is 16.5. The zero-order chi connectivity index (χ0) is 23.2. The number of rotatable bonds is 9. The van der Waals surface area contributed by atoms with Crippen molar-refractivity contribution in [3.63, 3.8) is 0 Å². The van der Waals surface area contributed by atoms with E-state index in [4.69, 9.17) is 0 Å². The van der Waals surface area contributed by atoms with E-state index in [1.165, 1.54) is 16.7 Å². The van der Waals surface area contributed by atoms with Gasteiger partial charge in [0.05, 0.1) is 29.8 Å². The van der Waals surface area contributed by atoms with Crippen LogP contribution in [0.1, 0.15) is 51.5 Å². The lowest BCUT2D eigenvalue weighted by molar-refractivity contribution is 0.0945. The van der Waals surface area contributed by atoms with Crippen LogP contribution in [-0.2, 0) is 25.9 Å². The fraction of sp³-hybridized carbons (Fsp3) is 0.231. The number of nitrogens with one attached hydrogen (secondary N) is 1. The monoisotopic (exact) mass is 451 g/mol. The van der Waals surface area contributed by atoms with Crippen molar-refractivity contribution >= 4 is 11.5 Å². The van der Waals surface area contributed by atoms with E-state index in [0.717, 1.165) is 42.8 Å². The van der Waals surface area contributed by atoms with E-state index in [1.807, 2.05) is 24.3 Å². The Balaban J connectivity index is 1.11. The first-order valence-electron chi connectivity index (χ1n) is 11.5. The minimum Gasteiger partial charge on any atom is -0.345 e. The number of hydrogen-bond donors (Lipinski definition) is 1. The maximum atomic E-state index is 12.3. The second-order valence-corrected chi connectivity index (χ2v) is 8.21. The lowest BCUT2D eigenvalue weighted by Crippen LogP contribution is -2.23. The van der Waals surface area contributed by atoms with Crippen LogP contribution in [0.3, 0.4) is 0 Å². The quantitative estimate of drug-likeness (QED) is 0.392. The molecular weight excluding hydrogens is 426 g/mol. The Morgan fingerprint density at radius 2 is 1.85 bits per heavy atom. The smallest absolute Gasteiger partial charge is 0.273 e. The number of aryl methyl sites for hydroxylation is 2. The van der Waals surface area contributed by atoms with Gasteiger partial charge in [-0.05, 0) is 48.6 Å². The topological polar surface area (TPSA) is 98.5 Å². The molecule has 3 aromatic heterocycles. The number of amides is 1. The summed E-state index contributed by atoms with van der Waals surface area (Å²) < 4.78 is 1.71. The number of fused-ring (bicyclic) bond motifs is 1. The minimum absolute atomic E-state index is 0.257. The third-order valence-corrected chi connectivity index (χ3v) is 5.79. The highest BCUT2D eigenvalue weighted by molar-refractivity contribution is 5.91. The van der Waals surface area contributed by atoms with Gasteiger partial charge in [-0.25, -0.2) is 0 Å². The molecule has 0 bridgehead atoms. The number of carbonyl (C=O) groups is 1. The van der Waals surface area contributed by atoms with E-state index in [0.29, 0.717) is 18.8 Å². The van der Waals surface area contributed by atoms with Crippen molar-refractivity contribution in [2.75, 3.05) is 0 Å². The first-order valence-corrected chi connectivity index (χ1v) is 11.5. The average Bonchev–Trinajstić information content (AvgIpc) is 3.53. The van der Waals surface area contributed by atoms with Crippen molar-refractivity contribution in [3.8, 4) is 0 Å². The number of benzene rings is 1. The van der Waals surface area contributed by atoms with Gasteiger partial charge in [0.15, 0.2) is 5.69 Å². The van der Waals surface area contributed by atoms with Gasteiger partial charge >= 0.3 is 0 Å². The molecule has 1 aliphatic carbocycles. The Morgan fingerprint density at radius 1 is 0.971 bits per heavy atom. The van der Waals surface area contributed by atoms with Gasteiger partial charge in [-0.2, -0.15) is 10.2 Å². The van der Waals surface area contributed by atoms with Crippen LogP contribution >= 0.6 is 0 Å². The Morgan fingerprint density at radius 3 is 2.71 bits per heavy atom. The predicted octanol–water partition coefficient (Wildman–Crippen LogP) is 3.40. The van der Waals surface area contributed by atoms with Gasteiger partial charge in [-0.1, -0.05) is 47.7 Å². The van der Waals surface area contributed by atoms with E-state index >= 15 is 0 Å². The third-order valence-electron chi connectivity index (χ3n) is 5.79. The van der Waals surface area contributed by atoms with Crippen molar-refractivity contribution in [1.82, 2.24) is 35.5 Å². The first kappa shape index (κ1) is 21.6. The summed E-state index contributed by atoms with van der Waals surface area (Å²) in [5, 5.41) is 19.8. The second kappa shape index (κ2) is 10.2. The Kier molecular flexibility index (Phi) is 6.47. The van der Waals surface area contributed by atoms with Crippen LogP contribution in [0.25, 0.3) is 5.57 Å². The molecule has 0 radical (unpaired) electrons. The highest BCUT2D eigenvalue weighted by atomic mass is 16.2. The molecule has 1 N–H and O–H groups in total. The number of hydrogen-bond acceptors (Lipinski definition) is 6. The molecule has 4 aromatic rings. The standard InChI is InChI=1S/C26H25N7O/c34-26(28-17-21-11-4-6-14-27-21)25-18-33(32-31-25)15-7-5-10-20-16-23-22(12-13-24(23)30-29-20)19-8-2-1-3-9-19/h1-4,6,8-9,11-12,14,16,18H,5,7,10,13,15,17H2,(H,28,34). The van der Waals surface area contributed by atoms with E-state index in [-0.39, 0.29) is 5.91 Å². The molecular formula is C26H25N7O. The second-order valence-electron chi connectivity index (χ2n) is 8.21. The van der Waals surface area contributed by atoms with Gasteiger partial charge in [-0.3, -0.25) is 14.5 Å². The van der Waals surface area contributed by atoms with Crippen LogP contribution in [0.5, 0.6) is 0 Å². The molecule has 1 amide bonds. The lowest BCUT2D eigenvalue weighted by atomic mass is 10.0. The number of carbonyl (C=O) groups excluding carboxylic acids is 1. The van der Waals surface area contributed by atoms with E-state index < -0.39 is 0 Å². The molecule has 1 aromatic carbocycles. The maximum absolute atomic E-state index is 12.3. The molecule has 0 saturated carbocycles.